The van der Waals surface area contributed by atoms with Crippen LogP contribution in [0.2, 0.25) is 0 Å². The third kappa shape index (κ3) is 2.83. The number of likely N-dealkylation sites (tertiary alicyclic amines) is 1. The molecule has 7 nitrogen and oxygen atoms in total. The zero-order chi connectivity index (χ0) is 20.8. The normalized spacial score (nSPS) is 16.4. The van der Waals surface area contributed by atoms with Crippen molar-refractivity contribution < 1.29 is 9.53 Å². The maximum absolute atomic E-state index is 12.0. The molecule has 1 atom stereocenters. The van der Waals surface area contributed by atoms with E-state index in [4.69, 9.17) is 15.5 Å². The van der Waals surface area contributed by atoms with E-state index in [9.17, 15) is 4.79 Å². The molecule has 0 unspecified atom stereocenters. The van der Waals surface area contributed by atoms with Crippen LogP contribution in [0.4, 0.5) is 5.82 Å². The summed E-state index contributed by atoms with van der Waals surface area (Å²) < 4.78 is 8.74. The highest BCUT2D eigenvalue weighted by Crippen LogP contribution is 2.39. The average molecular weight is 420 g/mol. The molecule has 0 spiro atoms. The van der Waals surface area contributed by atoms with E-state index in [1.807, 2.05) is 26.9 Å². The lowest BCUT2D eigenvalue weighted by atomic mass is 10.1. The zero-order valence-electron chi connectivity index (χ0n) is 16.5. The van der Waals surface area contributed by atoms with Gasteiger partial charge in [-0.3, -0.25) is 9.20 Å². The van der Waals surface area contributed by atoms with Crippen LogP contribution in [0, 0.1) is 0 Å². The largest absolute Gasteiger partial charge is 0.495 e. The molecule has 0 saturated carbocycles. The van der Waals surface area contributed by atoms with Crippen molar-refractivity contribution in [1.82, 2.24) is 19.3 Å². The molecular weight excluding hydrogens is 398 g/mol. The van der Waals surface area contributed by atoms with Gasteiger partial charge in [0.1, 0.15) is 28.6 Å². The molecule has 2 N–H and O–H groups in total. The molecule has 4 heterocycles. The Morgan fingerprint density at radius 1 is 1.43 bits per heavy atom. The van der Waals surface area contributed by atoms with Crippen molar-refractivity contribution in [3.63, 3.8) is 0 Å². The Hall–Kier alpha value is -3.39. The molecular formula is C22H21N5O2S. The molecule has 1 fully saturated rings. The van der Waals surface area contributed by atoms with Crippen LogP contribution in [-0.4, -0.2) is 45.4 Å². The lowest BCUT2D eigenvalue weighted by molar-refractivity contribution is -0.125. The van der Waals surface area contributed by atoms with Gasteiger partial charge in [-0.05, 0) is 41.5 Å². The number of benzene rings is 1. The van der Waals surface area contributed by atoms with Crippen molar-refractivity contribution in [3.05, 3.63) is 54.5 Å². The van der Waals surface area contributed by atoms with Crippen LogP contribution in [0.3, 0.4) is 0 Å². The quantitative estimate of drug-likeness (QED) is 0.510. The molecule has 0 aliphatic carbocycles. The van der Waals surface area contributed by atoms with E-state index < -0.39 is 0 Å². The Kier molecular flexibility index (Phi) is 4.43. The Morgan fingerprint density at radius 3 is 3.10 bits per heavy atom. The number of carbonyl (C=O) groups excluding carboxylic acids is 1. The second-order valence-corrected chi connectivity index (χ2v) is 8.26. The molecule has 1 saturated heterocycles. The number of thiophene rings is 1. The van der Waals surface area contributed by atoms with Gasteiger partial charge >= 0.3 is 0 Å². The number of hydrogen-bond donors (Lipinski definition) is 1. The highest BCUT2D eigenvalue weighted by molar-refractivity contribution is 7.17. The molecule has 1 aliphatic rings. The summed E-state index contributed by atoms with van der Waals surface area (Å²) in [5.41, 5.74) is 8.77. The van der Waals surface area contributed by atoms with Gasteiger partial charge in [-0.2, -0.15) is 0 Å². The lowest BCUT2D eigenvalue weighted by Crippen LogP contribution is -2.26. The van der Waals surface area contributed by atoms with Gasteiger partial charge in [0, 0.05) is 37.0 Å². The maximum atomic E-state index is 12.0. The van der Waals surface area contributed by atoms with Crippen LogP contribution in [0.1, 0.15) is 18.2 Å². The van der Waals surface area contributed by atoms with Gasteiger partial charge in [0.05, 0.1) is 11.8 Å². The second-order valence-electron chi connectivity index (χ2n) is 7.34. The Labute approximate surface area is 177 Å². The molecule has 0 radical (unpaired) electrons. The summed E-state index contributed by atoms with van der Waals surface area (Å²) in [6.07, 6.45) is 5.77. The number of hydrogen-bond acceptors (Lipinski definition) is 6. The van der Waals surface area contributed by atoms with Crippen LogP contribution in [-0.2, 0) is 4.79 Å². The minimum atomic E-state index is -0.0487. The zero-order valence-corrected chi connectivity index (χ0v) is 17.4. The predicted molar refractivity (Wildman–Crippen MR) is 119 cm³/mol. The molecule has 5 rings (SSSR count). The first kappa shape index (κ1) is 18.6. The van der Waals surface area contributed by atoms with Gasteiger partial charge in [0.2, 0.25) is 5.91 Å². The van der Waals surface area contributed by atoms with Gasteiger partial charge in [-0.1, -0.05) is 6.58 Å². The number of fused-ring (bicyclic) bond motifs is 2. The minimum absolute atomic E-state index is 0.0487. The summed E-state index contributed by atoms with van der Waals surface area (Å²) in [4.78, 5) is 23.2. The number of rotatable bonds is 4. The Bertz CT molecular complexity index is 1290. The van der Waals surface area contributed by atoms with E-state index in [0.29, 0.717) is 18.9 Å². The van der Waals surface area contributed by atoms with Crippen molar-refractivity contribution in [2.24, 2.45) is 0 Å². The SMILES string of the molecule is C=CC(=O)N1CC[C@H](c2nc(-c3cc(OC)c4sccc4c3)c3c(N)nccn23)C1. The number of imidazole rings is 1. The van der Waals surface area contributed by atoms with Gasteiger partial charge < -0.3 is 15.4 Å². The molecule has 4 aromatic rings. The number of aromatic nitrogens is 3. The number of carbonyl (C=O) groups is 1. The first-order valence-electron chi connectivity index (χ1n) is 9.70. The number of ether oxygens (including phenoxy) is 1. The van der Waals surface area contributed by atoms with Gasteiger partial charge in [0.25, 0.3) is 0 Å². The van der Waals surface area contributed by atoms with Crippen molar-refractivity contribution in [3.8, 4) is 17.0 Å². The highest BCUT2D eigenvalue weighted by Gasteiger charge is 2.30. The second kappa shape index (κ2) is 7.14. The van der Waals surface area contributed by atoms with Crippen molar-refractivity contribution in [1.29, 1.82) is 0 Å². The van der Waals surface area contributed by atoms with Crippen molar-refractivity contribution in [2.45, 2.75) is 12.3 Å². The predicted octanol–water partition coefficient (Wildman–Crippen LogP) is 3.70. The summed E-state index contributed by atoms with van der Waals surface area (Å²) in [6.45, 7) is 4.90. The molecule has 152 valence electrons. The lowest BCUT2D eigenvalue weighted by Gasteiger charge is -2.13. The molecule has 1 aliphatic heterocycles. The molecule has 1 amide bonds. The fourth-order valence-electron chi connectivity index (χ4n) is 4.21. The fourth-order valence-corrected chi connectivity index (χ4v) is 5.09. The third-order valence-electron chi connectivity index (χ3n) is 5.66. The van der Waals surface area contributed by atoms with Crippen molar-refractivity contribution >= 4 is 38.7 Å². The molecule has 8 heteroatoms. The molecule has 3 aromatic heterocycles. The number of methoxy groups -OCH3 is 1. The van der Waals surface area contributed by atoms with Crippen LogP contribution in [0.5, 0.6) is 5.75 Å². The van der Waals surface area contributed by atoms with E-state index in [1.165, 1.54) is 6.08 Å². The Morgan fingerprint density at radius 2 is 2.30 bits per heavy atom. The van der Waals surface area contributed by atoms with Crippen LogP contribution >= 0.6 is 11.3 Å². The summed E-state index contributed by atoms with van der Waals surface area (Å²) in [7, 11) is 1.68. The van der Waals surface area contributed by atoms with E-state index in [0.717, 1.165) is 44.9 Å². The maximum Gasteiger partial charge on any atom is 0.245 e. The molecule has 1 aromatic carbocycles. The van der Waals surface area contributed by atoms with E-state index in [-0.39, 0.29) is 11.8 Å². The van der Waals surface area contributed by atoms with Gasteiger partial charge in [0.15, 0.2) is 0 Å². The van der Waals surface area contributed by atoms with Crippen molar-refractivity contribution in [2.75, 3.05) is 25.9 Å². The number of nitrogens with zero attached hydrogens (tertiary/aromatic N) is 4. The summed E-state index contributed by atoms with van der Waals surface area (Å²) in [5.74, 6) is 2.19. The average Bonchev–Trinajstić information content (AvgIpc) is 3.50. The molecule has 0 bridgehead atoms. The minimum Gasteiger partial charge on any atom is -0.495 e. The van der Waals surface area contributed by atoms with Crippen LogP contribution in [0.25, 0.3) is 26.9 Å². The first-order chi connectivity index (χ1) is 14.6. The van der Waals surface area contributed by atoms with E-state index >= 15 is 0 Å². The monoisotopic (exact) mass is 419 g/mol. The standard InChI is InChI=1S/C22H21N5O2S/c1-3-17(28)26-7-4-14(12-26)22-25-18(19-21(23)24-6-8-27(19)22)15-10-13-5-9-30-20(13)16(11-15)29-2/h3,5-6,8-11,14H,1,4,7,12H2,2H3,(H2,23,24)/t14-/m0/s1. The van der Waals surface area contributed by atoms with E-state index in [2.05, 4.69) is 23.7 Å². The number of anilines is 1. The Balaban J connectivity index is 1.67. The molecule has 30 heavy (non-hydrogen) atoms. The fraction of sp³-hybridized carbons (Fsp3) is 0.227. The van der Waals surface area contributed by atoms with Crippen LogP contribution in [0.15, 0.2) is 48.6 Å². The number of amides is 1. The van der Waals surface area contributed by atoms with Gasteiger partial charge in [-0.25, -0.2) is 9.97 Å². The summed E-state index contributed by atoms with van der Waals surface area (Å²) in [5, 5.41) is 3.15. The topological polar surface area (TPSA) is 85.8 Å². The first-order valence-corrected chi connectivity index (χ1v) is 10.6. The van der Waals surface area contributed by atoms with Gasteiger partial charge in [-0.15, -0.1) is 11.3 Å². The number of nitrogens with two attached hydrogens (primary N) is 1. The number of nitrogen functional groups attached to an aromatic ring is 1. The smallest absolute Gasteiger partial charge is 0.245 e. The highest BCUT2D eigenvalue weighted by atomic mass is 32.1. The summed E-state index contributed by atoms with van der Waals surface area (Å²) >= 11 is 1.65. The third-order valence-corrected chi connectivity index (χ3v) is 6.61. The van der Waals surface area contributed by atoms with Crippen LogP contribution < -0.4 is 10.5 Å². The summed E-state index contributed by atoms with van der Waals surface area (Å²) in [6, 6.07) is 6.18. The van der Waals surface area contributed by atoms with E-state index in [1.54, 1.807) is 24.6 Å².